The molecule has 0 fully saturated rings. The molecule has 1 atom stereocenters. The Morgan fingerprint density at radius 1 is 1.38 bits per heavy atom. The standard InChI is InChI=1S/C10H22BrNO/c1-4-5-7-12(8-6-11)10(2)9-13-3/h10H,4-9H2,1-3H3. The minimum absolute atomic E-state index is 0.536. The fourth-order valence-electron chi connectivity index (χ4n) is 1.37. The predicted octanol–water partition coefficient (Wildman–Crippen LogP) is 2.52. The van der Waals surface area contributed by atoms with Gasteiger partial charge in [0, 0.05) is 25.0 Å². The fraction of sp³-hybridized carbons (Fsp3) is 1.00. The second kappa shape index (κ2) is 8.97. The van der Waals surface area contributed by atoms with Crippen LogP contribution in [0.3, 0.4) is 0 Å². The summed E-state index contributed by atoms with van der Waals surface area (Å²) in [5.74, 6) is 0. The third kappa shape index (κ3) is 6.47. The summed E-state index contributed by atoms with van der Waals surface area (Å²) in [6, 6.07) is 0.536. The van der Waals surface area contributed by atoms with Crippen LogP contribution in [0.1, 0.15) is 26.7 Å². The van der Waals surface area contributed by atoms with Gasteiger partial charge in [-0.1, -0.05) is 29.3 Å². The molecule has 0 aliphatic carbocycles. The average Bonchev–Trinajstić information content (AvgIpc) is 2.12. The molecule has 0 aliphatic rings. The highest BCUT2D eigenvalue weighted by atomic mass is 79.9. The molecule has 0 saturated heterocycles. The number of ether oxygens (including phenoxy) is 1. The maximum absolute atomic E-state index is 5.15. The zero-order valence-electron chi connectivity index (χ0n) is 9.05. The van der Waals surface area contributed by atoms with Crippen molar-refractivity contribution in [2.75, 3.05) is 32.1 Å². The number of alkyl halides is 1. The molecule has 0 radical (unpaired) electrons. The highest BCUT2D eigenvalue weighted by molar-refractivity contribution is 9.09. The van der Waals surface area contributed by atoms with Crippen molar-refractivity contribution in [3.8, 4) is 0 Å². The summed E-state index contributed by atoms with van der Waals surface area (Å²) in [4.78, 5) is 2.47. The van der Waals surface area contributed by atoms with Crippen LogP contribution in [0.4, 0.5) is 0 Å². The molecule has 0 aromatic carbocycles. The van der Waals surface area contributed by atoms with Crippen LogP contribution in [0.2, 0.25) is 0 Å². The topological polar surface area (TPSA) is 12.5 Å². The van der Waals surface area contributed by atoms with Crippen LogP contribution in [-0.4, -0.2) is 43.1 Å². The zero-order chi connectivity index (χ0) is 10.1. The first-order valence-corrected chi connectivity index (χ1v) is 6.17. The Kier molecular flexibility index (Phi) is 9.25. The van der Waals surface area contributed by atoms with E-state index in [2.05, 4.69) is 34.7 Å². The highest BCUT2D eigenvalue weighted by Gasteiger charge is 2.11. The third-order valence-electron chi connectivity index (χ3n) is 2.20. The Morgan fingerprint density at radius 3 is 2.54 bits per heavy atom. The second-order valence-electron chi connectivity index (χ2n) is 3.38. The van der Waals surface area contributed by atoms with Crippen molar-refractivity contribution >= 4 is 15.9 Å². The molecule has 0 amide bonds. The second-order valence-corrected chi connectivity index (χ2v) is 4.18. The van der Waals surface area contributed by atoms with Crippen LogP contribution in [0.15, 0.2) is 0 Å². The Morgan fingerprint density at radius 2 is 2.08 bits per heavy atom. The Hall–Kier alpha value is 0.400. The maximum atomic E-state index is 5.15. The summed E-state index contributed by atoms with van der Waals surface area (Å²) in [5, 5.41) is 1.05. The smallest absolute Gasteiger partial charge is 0.0615 e. The van der Waals surface area contributed by atoms with Gasteiger partial charge in [-0.15, -0.1) is 0 Å². The maximum Gasteiger partial charge on any atom is 0.0615 e. The molecule has 0 N–H and O–H groups in total. The van der Waals surface area contributed by atoms with Gasteiger partial charge in [0.15, 0.2) is 0 Å². The Balaban J connectivity index is 3.75. The molecule has 13 heavy (non-hydrogen) atoms. The van der Waals surface area contributed by atoms with Gasteiger partial charge in [0.05, 0.1) is 6.61 Å². The highest BCUT2D eigenvalue weighted by Crippen LogP contribution is 2.03. The predicted molar refractivity (Wildman–Crippen MR) is 61.6 cm³/mol. The first-order valence-electron chi connectivity index (χ1n) is 5.05. The number of halogens is 1. The van der Waals surface area contributed by atoms with E-state index in [0.717, 1.165) is 18.5 Å². The van der Waals surface area contributed by atoms with Crippen molar-refractivity contribution in [1.29, 1.82) is 0 Å². The molecule has 1 unspecified atom stereocenters. The zero-order valence-corrected chi connectivity index (χ0v) is 10.6. The van der Waals surface area contributed by atoms with E-state index in [1.807, 2.05) is 0 Å². The normalized spacial score (nSPS) is 13.6. The largest absolute Gasteiger partial charge is 0.383 e. The molecule has 2 nitrogen and oxygen atoms in total. The average molecular weight is 252 g/mol. The van der Waals surface area contributed by atoms with E-state index in [1.54, 1.807) is 7.11 Å². The van der Waals surface area contributed by atoms with Crippen LogP contribution >= 0.6 is 15.9 Å². The van der Waals surface area contributed by atoms with Gasteiger partial charge in [0.1, 0.15) is 0 Å². The van der Waals surface area contributed by atoms with Gasteiger partial charge in [-0.05, 0) is 19.9 Å². The van der Waals surface area contributed by atoms with Crippen LogP contribution in [0.25, 0.3) is 0 Å². The van der Waals surface area contributed by atoms with Crippen LogP contribution in [0, 0.1) is 0 Å². The van der Waals surface area contributed by atoms with E-state index in [-0.39, 0.29) is 0 Å². The summed E-state index contributed by atoms with van der Waals surface area (Å²) in [6.07, 6.45) is 2.54. The van der Waals surface area contributed by atoms with Crippen molar-refractivity contribution in [2.24, 2.45) is 0 Å². The van der Waals surface area contributed by atoms with Crippen LogP contribution < -0.4 is 0 Å². The molecule has 0 rings (SSSR count). The van der Waals surface area contributed by atoms with Gasteiger partial charge in [-0.25, -0.2) is 0 Å². The number of nitrogens with zero attached hydrogens (tertiary/aromatic N) is 1. The third-order valence-corrected chi connectivity index (χ3v) is 2.56. The van der Waals surface area contributed by atoms with E-state index >= 15 is 0 Å². The van der Waals surface area contributed by atoms with Gasteiger partial charge in [0.2, 0.25) is 0 Å². The first-order chi connectivity index (χ1) is 6.26. The van der Waals surface area contributed by atoms with Crippen molar-refractivity contribution < 1.29 is 4.74 Å². The van der Waals surface area contributed by atoms with Gasteiger partial charge in [-0.3, -0.25) is 4.90 Å². The summed E-state index contributed by atoms with van der Waals surface area (Å²) >= 11 is 3.48. The molecular formula is C10H22BrNO. The minimum atomic E-state index is 0.536. The van der Waals surface area contributed by atoms with E-state index in [9.17, 15) is 0 Å². The summed E-state index contributed by atoms with van der Waals surface area (Å²) < 4.78 is 5.15. The van der Waals surface area contributed by atoms with Crippen LogP contribution in [0.5, 0.6) is 0 Å². The molecular weight excluding hydrogens is 230 g/mol. The number of hydrogen-bond acceptors (Lipinski definition) is 2. The molecule has 0 aliphatic heterocycles. The van der Waals surface area contributed by atoms with Crippen molar-refractivity contribution in [1.82, 2.24) is 4.90 Å². The van der Waals surface area contributed by atoms with Crippen molar-refractivity contribution in [3.63, 3.8) is 0 Å². The molecule has 0 aromatic rings. The molecule has 80 valence electrons. The van der Waals surface area contributed by atoms with E-state index in [0.29, 0.717) is 6.04 Å². The van der Waals surface area contributed by atoms with Crippen LogP contribution in [-0.2, 0) is 4.74 Å². The summed E-state index contributed by atoms with van der Waals surface area (Å²) in [7, 11) is 1.77. The van der Waals surface area contributed by atoms with Crippen molar-refractivity contribution in [3.05, 3.63) is 0 Å². The molecule has 0 heterocycles. The summed E-state index contributed by atoms with van der Waals surface area (Å²) in [6.45, 7) is 7.59. The van der Waals surface area contributed by atoms with Gasteiger partial charge < -0.3 is 4.74 Å². The number of rotatable bonds is 8. The van der Waals surface area contributed by atoms with Crippen molar-refractivity contribution in [2.45, 2.75) is 32.7 Å². The molecule has 3 heteroatoms. The van der Waals surface area contributed by atoms with Gasteiger partial charge in [-0.2, -0.15) is 0 Å². The lowest BCUT2D eigenvalue weighted by Gasteiger charge is -2.27. The number of unbranched alkanes of at least 4 members (excludes halogenated alkanes) is 1. The lowest BCUT2D eigenvalue weighted by atomic mass is 10.2. The lowest BCUT2D eigenvalue weighted by Crippen LogP contribution is -2.38. The van der Waals surface area contributed by atoms with E-state index in [4.69, 9.17) is 4.74 Å². The summed E-state index contributed by atoms with van der Waals surface area (Å²) in [5.41, 5.74) is 0. The van der Waals surface area contributed by atoms with E-state index in [1.165, 1.54) is 19.4 Å². The molecule has 0 spiro atoms. The first kappa shape index (κ1) is 13.4. The quantitative estimate of drug-likeness (QED) is 0.615. The van der Waals surface area contributed by atoms with E-state index < -0.39 is 0 Å². The van der Waals surface area contributed by atoms with Gasteiger partial charge >= 0.3 is 0 Å². The SMILES string of the molecule is CCCCN(CCBr)C(C)COC. The van der Waals surface area contributed by atoms with Gasteiger partial charge in [0.25, 0.3) is 0 Å². The molecule has 0 bridgehead atoms. The minimum Gasteiger partial charge on any atom is -0.383 e. The Bertz CT molecular complexity index is 111. The number of hydrogen-bond donors (Lipinski definition) is 0. The molecule has 0 aromatic heterocycles. The molecule has 0 saturated carbocycles. The monoisotopic (exact) mass is 251 g/mol. The fourth-order valence-corrected chi connectivity index (χ4v) is 1.82. The Labute approximate surface area is 90.8 Å². The lowest BCUT2D eigenvalue weighted by molar-refractivity contribution is 0.103. The number of methoxy groups -OCH3 is 1.